The molecule has 0 saturated carbocycles. The molecule has 0 unspecified atom stereocenters. The molecular weight excluding hydrogens is 622 g/mol. The van der Waals surface area contributed by atoms with E-state index < -0.39 is 33.2 Å². The molecule has 0 aliphatic heterocycles. The number of nitrogens with one attached hydrogen (secondary N) is 2. The fourth-order valence-corrected chi connectivity index (χ4v) is 4.63. The first-order chi connectivity index (χ1) is 21.8. The molecule has 3 aromatic heterocycles. The second-order valence-electron chi connectivity index (χ2n) is 10.1. The van der Waals surface area contributed by atoms with Crippen LogP contribution in [0.2, 0.25) is 0 Å². The number of carbonyl (C=O) groups excluding carboxylic acids is 1. The van der Waals surface area contributed by atoms with Gasteiger partial charge in [0.25, 0.3) is 21.6 Å². The molecule has 46 heavy (non-hydrogen) atoms. The van der Waals surface area contributed by atoms with Gasteiger partial charge in [-0.25, -0.2) is 13.5 Å². The highest BCUT2D eigenvalue weighted by molar-refractivity contribution is 7.85. The Morgan fingerprint density at radius 1 is 1.00 bits per heavy atom. The van der Waals surface area contributed by atoms with Crippen LogP contribution in [-0.4, -0.2) is 49.7 Å². The molecule has 236 valence electrons. The highest BCUT2D eigenvalue weighted by Gasteiger charge is 2.23. The van der Waals surface area contributed by atoms with Crippen molar-refractivity contribution < 1.29 is 31.3 Å². The lowest BCUT2D eigenvalue weighted by atomic mass is 10.0. The number of pyridine rings is 1. The number of H-pyrrole nitrogens is 1. The van der Waals surface area contributed by atoms with Crippen molar-refractivity contribution in [3.05, 3.63) is 119 Å². The first-order valence-electron chi connectivity index (χ1n) is 13.4. The van der Waals surface area contributed by atoms with Crippen LogP contribution in [0.1, 0.15) is 16.1 Å². The lowest BCUT2D eigenvalue weighted by Gasteiger charge is -2.13. The van der Waals surface area contributed by atoms with Crippen molar-refractivity contribution in [2.45, 2.75) is 6.92 Å². The number of hydrogen-bond acceptors (Lipinski definition) is 7. The summed E-state index contributed by atoms with van der Waals surface area (Å²) in [6.07, 6.45) is 5.66. The number of aromatic nitrogens is 5. The molecule has 12 nitrogen and oxygen atoms in total. The van der Waals surface area contributed by atoms with Crippen molar-refractivity contribution in [2.24, 2.45) is 7.05 Å². The Hall–Kier alpha value is -5.67. The van der Waals surface area contributed by atoms with Gasteiger partial charge in [0.15, 0.2) is 11.6 Å². The Labute approximate surface area is 260 Å². The zero-order chi connectivity index (χ0) is 33.2. The molecule has 0 radical (unpaired) electrons. The van der Waals surface area contributed by atoms with E-state index in [2.05, 4.69) is 20.5 Å². The van der Waals surface area contributed by atoms with Crippen LogP contribution in [0, 0.1) is 18.6 Å². The number of fused-ring (bicyclic) bond motifs is 1. The smallest absolute Gasteiger partial charge is 0.284 e. The fourth-order valence-electron chi connectivity index (χ4n) is 4.63. The van der Waals surface area contributed by atoms with Gasteiger partial charge in [0.1, 0.15) is 17.1 Å². The van der Waals surface area contributed by atoms with E-state index in [1.54, 1.807) is 38.6 Å². The Balaban J connectivity index is 0.000000775. The highest BCUT2D eigenvalue weighted by atomic mass is 32.2. The Bertz CT molecular complexity index is 2220. The lowest BCUT2D eigenvalue weighted by Crippen LogP contribution is -2.25. The SMILES string of the molecule is CS(=O)(=O)O.Cc1c(C(=O)Nc2ccc(Oc3cc4cn[nH]c4cc3-c3ccncc3)c(F)c2)c(=O)n(-c2ccc(F)cc2)n1C. The number of ether oxygens (including phenoxy) is 1. The number of rotatable bonds is 6. The van der Waals surface area contributed by atoms with Crippen LogP contribution in [0.3, 0.4) is 0 Å². The fraction of sp³-hybridized carbons (Fsp3) is 0.0968. The van der Waals surface area contributed by atoms with Gasteiger partial charge in [-0.15, -0.1) is 0 Å². The third-order valence-electron chi connectivity index (χ3n) is 6.79. The predicted octanol–water partition coefficient (Wildman–Crippen LogP) is 5.25. The quantitative estimate of drug-likeness (QED) is 0.207. The van der Waals surface area contributed by atoms with Crippen LogP contribution >= 0.6 is 0 Å². The van der Waals surface area contributed by atoms with Crippen LogP contribution < -0.4 is 15.6 Å². The summed E-state index contributed by atoms with van der Waals surface area (Å²) in [4.78, 5) is 30.3. The van der Waals surface area contributed by atoms with Crippen LogP contribution in [-0.2, 0) is 17.2 Å². The zero-order valence-corrected chi connectivity index (χ0v) is 25.3. The molecule has 0 fully saturated rings. The molecule has 0 aliphatic carbocycles. The maximum Gasteiger partial charge on any atom is 0.284 e. The van der Waals surface area contributed by atoms with E-state index in [0.717, 1.165) is 22.5 Å². The van der Waals surface area contributed by atoms with E-state index in [1.807, 2.05) is 18.2 Å². The van der Waals surface area contributed by atoms with Crippen LogP contribution in [0.5, 0.6) is 11.5 Å². The minimum Gasteiger partial charge on any atom is -0.454 e. The van der Waals surface area contributed by atoms with Crippen molar-refractivity contribution in [1.29, 1.82) is 0 Å². The molecule has 0 atom stereocenters. The molecule has 6 aromatic rings. The van der Waals surface area contributed by atoms with Crippen LogP contribution in [0.4, 0.5) is 14.5 Å². The number of anilines is 1. The van der Waals surface area contributed by atoms with Gasteiger partial charge in [-0.05, 0) is 73.2 Å². The van der Waals surface area contributed by atoms with E-state index in [-0.39, 0.29) is 17.0 Å². The van der Waals surface area contributed by atoms with E-state index >= 15 is 4.39 Å². The summed E-state index contributed by atoms with van der Waals surface area (Å²) in [5.41, 5.74) is 2.52. The molecule has 3 N–H and O–H groups in total. The average Bonchev–Trinajstić information content (AvgIpc) is 3.54. The second kappa shape index (κ2) is 12.7. The van der Waals surface area contributed by atoms with Gasteiger partial charge in [0.05, 0.1) is 29.4 Å². The highest BCUT2D eigenvalue weighted by Crippen LogP contribution is 2.37. The van der Waals surface area contributed by atoms with Gasteiger partial charge >= 0.3 is 0 Å². The summed E-state index contributed by atoms with van der Waals surface area (Å²) >= 11 is 0. The van der Waals surface area contributed by atoms with Crippen molar-refractivity contribution in [2.75, 3.05) is 11.6 Å². The van der Waals surface area contributed by atoms with Gasteiger partial charge in [0.2, 0.25) is 0 Å². The summed E-state index contributed by atoms with van der Waals surface area (Å²) in [6, 6.07) is 16.6. The van der Waals surface area contributed by atoms with Crippen molar-refractivity contribution >= 4 is 32.6 Å². The molecule has 15 heteroatoms. The van der Waals surface area contributed by atoms with Gasteiger partial charge < -0.3 is 10.1 Å². The molecule has 1 amide bonds. The minimum atomic E-state index is -3.67. The molecule has 3 aromatic carbocycles. The van der Waals surface area contributed by atoms with Crippen LogP contribution in [0.25, 0.3) is 27.7 Å². The summed E-state index contributed by atoms with van der Waals surface area (Å²) in [6.45, 7) is 1.62. The van der Waals surface area contributed by atoms with Gasteiger partial charge in [-0.2, -0.15) is 13.5 Å². The topological polar surface area (TPSA) is 161 Å². The van der Waals surface area contributed by atoms with E-state index in [1.165, 1.54) is 45.8 Å². The predicted molar refractivity (Wildman–Crippen MR) is 167 cm³/mol. The normalized spacial score (nSPS) is 11.2. The summed E-state index contributed by atoms with van der Waals surface area (Å²) < 4.78 is 63.3. The van der Waals surface area contributed by atoms with Crippen molar-refractivity contribution in [3.8, 4) is 28.3 Å². The van der Waals surface area contributed by atoms with Crippen molar-refractivity contribution in [3.63, 3.8) is 0 Å². The summed E-state index contributed by atoms with van der Waals surface area (Å²) in [5.74, 6) is -1.53. The number of halogens is 2. The lowest BCUT2D eigenvalue weighted by molar-refractivity contribution is 0.102. The number of benzene rings is 3. The maximum absolute atomic E-state index is 15.3. The first-order valence-corrected chi connectivity index (χ1v) is 15.3. The molecule has 0 spiro atoms. The van der Waals surface area contributed by atoms with Crippen molar-refractivity contribution in [1.82, 2.24) is 24.5 Å². The zero-order valence-electron chi connectivity index (χ0n) is 24.5. The molecular formula is C31H26F2N6O6S. The monoisotopic (exact) mass is 648 g/mol. The number of aromatic amines is 1. The standard InChI is InChI=1S/C30H22F2N6O3.CH4O3S/c1-17-28(30(40)38(37(17)2)22-6-3-20(31)4-7-22)29(39)35-21-5-8-26(24(32)14-21)41-27-13-19-16-34-36-25(19)15-23(27)18-9-11-33-12-10-18;1-5(2,3)4/h3-16H,1-2H3,(H,34,36)(H,35,39);1H3,(H,2,3,4). The van der Waals surface area contributed by atoms with Gasteiger partial charge in [-0.3, -0.25) is 28.9 Å². The van der Waals surface area contributed by atoms with Gasteiger partial charge in [0, 0.05) is 42.1 Å². The number of nitrogens with zero attached hydrogens (tertiary/aromatic N) is 4. The van der Waals surface area contributed by atoms with E-state index in [9.17, 15) is 22.4 Å². The molecule has 0 bridgehead atoms. The van der Waals surface area contributed by atoms with E-state index in [0.29, 0.717) is 29.0 Å². The third kappa shape index (κ3) is 7.00. The van der Waals surface area contributed by atoms with E-state index in [4.69, 9.17) is 9.29 Å². The second-order valence-corrected chi connectivity index (χ2v) is 11.5. The minimum absolute atomic E-state index is 0.0595. The molecule has 3 heterocycles. The Kier molecular flexibility index (Phi) is 8.80. The summed E-state index contributed by atoms with van der Waals surface area (Å²) in [7, 11) is -2.05. The molecule has 0 aliphatic rings. The maximum atomic E-state index is 15.3. The van der Waals surface area contributed by atoms with Crippen LogP contribution in [0.15, 0.2) is 90.1 Å². The first kappa shape index (κ1) is 31.7. The van der Waals surface area contributed by atoms with Gasteiger partial charge in [-0.1, -0.05) is 0 Å². The molecule has 0 saturated heterocycles. The third-order valence-corrected chi connectivity index (χ3v) is 6.79. The summed E-state index contributed by atoms with van der Waals surface area (Å²) in [5, 5.41) is 10.4. The Morgan fingerprint density at radius 2 is 1.67 bits per heavy atom. The molecule has 6 rings (SSSR count). The Morgan fingerprint density at radius 3 is 2.33 bits per heavy atom. The largest absolute Gasteiger partial charge is 0.454 e. The number of carbonyl (C=O) groups is 1. The number of amides is 1. The number of hydrogen-bond donors (Lipinski definition) is 3. The average molecular weight is 649 g/mol.